The molecule has 9 N–H and O–H groups in total. The Morgan fingerprint density at radius 1 is 1.32 bits per heavy atom. The second-order valence-electron chi connectivity index (χ2n) is 7.17. The molecule has 0 saturated heterocycles. The van der Waals surface area contributed by atoms with Gasteiger partial charge in [-0.05, 0) is 31.9 Å². The standard InChI is InChI=1S/C20H28F3N7O/c1-30-20(31)17(27)15(9-13(26)6-5-12(25)7-8-24)19(29-30)28-10-11-3-2-4-14(16(11)21)18(22)23/h2-4,9,12,18H,5-8,10,24-27H2,1H3,(H,28,29)/b13-9-. The summed E-state index contributed by atoms with van der Waals surface area (Å²) in [6, 6.07) is 3.63. The van der Waals surface area contributed by atoms with Crippen LogP contribution in [0.3, 0.4) is 0 Å². The molecule has 0 fully saturated rings. The summed E-state index contributed by atoms with van der Waals surface area (Å²) in [4.78, 5) is 12.2. The monoisotopic (exact) mass is 439 g/mol. The zero-order chi connectivity index (χ0) is 23.1. The number of halogens is 3. The predicted octanol–water partition coefficient (Wildman–Crippen LogP) is 1.81. The van der Waals surface area contributed by atoms with E-state index in [0.717, 1.165) is 10.7 Å². The molecule has 1 heterocycles. The van der Waals surface area contributed by atoms with Gasteiger partial charge in [-0.15, -0.1) is 0 Å². The highest BCUT2D eigenvalue weighted by Gasteiger charge is 2.17. The van der Waals surface area contributed by atoms with Crippen molar-refractivity contribution in [1.82, 2.24) is 9.78 Å². The second kappa shape index (κ2) is 10.8. The Kier molecular flexibility index (Phi) is 8.46. The van der Waals surface area contributed by atoms with Crippen molar-refractivity contribution in [2.45, 2.75) is 38.3 Å². The van der Waals surface area contributed by atoms with Crippen LogP contribution < -0.4 is 33.8 Å². The fourth-order valence-electron chi connectivity index (χ4n) is 2.99. The molecule has 170 valence electrons. The van der Waals surface area contributed by atoms with Gasteiger partial charge < -0.3 is 28.3 Å². The number of hydrogen-bond donors (Lipinski definition) is 5. The average molecular weight is 439 g/mol. The number of nitrogens with two attached hydrogens (primary N) is 4. The minimum absolute atomic E-state index is 0.0164. The first-order chi connectivity index (χ1) is 14.6. The van der Waals surface area contributed by atoms with Crippen molar-refractivity contribution in [3.05, 3.63) is 56.8 Å². The molecule has 2 rings (SSSR count). The number of nitrogens with one attached hydrogen (secondary N) is 1. The number of aromatic nitrogens is 2. The van der Waals surface area contributed by atoms with Gasteiger partial charge in [0.15, 0.2) is 5.82 Å². The fraction of sp³-hybridized carbons (Fsp3) is 0.400. The van der Waals surface area contributed by atoms with Crippen LogP contribution in [0.5, 0.6) is 0 Å². The van der Waals surface area contributed by atoms with E-state index in [0.29, 0.717) is 31.5 Å². The Balaban J connectivity index is 2.31. The molecule has 2 aromatic rings. The molecule has 8 nitrogen and oxygen atoms in total. The highest BCUT2D eigenvalue weighted by atomic mass is 19.3. The second-order valence-corrected chi connectivity index (χ2v) is 7.17. The Morgan fingerprint density at radius 3 is 2.68 bits per heavy atom. The number of aryl methyl sites for hydroxylation is 1. The summed E-state index contributed by atoms with van der Waals surface area (Å²) in [7, 11) is 1.41. The summed E-state index contributed by atoms with van der Waals surface area (Å²) < 4.78 is 41.2. The van der Waals surface area contributed by atoms with Crippen LogP contribution in [-0.2, 0) is 13.6 Å². The Bertz CT molecular complexity index is 991. The van der Waals surface area contributed by atoms with E-state index < -0.39 is 23.4 Å². The maximum absolute atomic E-state index is 14.3. The van der Waals surface area contributed by atoms with Crippen LogP contribution in [0, 0.1) is 5.82 Å². The van der Waals surface area contributed by atoms with E-state index in [9.17, 15) is 18.0 Å². The van der Waals surface area contributed by atoms with Crippen LogP contribution in [0.25, 0.3) is 6.08 Å². The minimum Gasteiger partial charge on any atom is -0.402 e. The first-order valence-electron chi connectivity index (χ1n) is 9.73. The summed E-state index contributed by atoms with van der Waals surface area (Å²) in [6.45, 7) is 0.312. The Morgan fingerprint density at radius 2 is 2.03 bits per heavy atom. The number of alkyl halides is 2. The zero-order valence-corrected chi connectivity index (χ0v) is 17.2. The van der Waals surface area contributed by atoms with Crippen molar-refractivity contribution in [3.63, 3.8) is 0 Å². The third-order valence-electron chi connectivity index (χ3n) is 4.78. The van der Waals surface area contributed by atoms with Crippen molar-refractivity contribution in [2.75, 3.05) is 17.6 Å². The first-order valence-corrected chi connectivity index (χ1v) is 9.73. The van der Waals surface area contributed by atoms with E-state index in [1.54, 1.807) is 0 Å². The molecule has 0 aliphatic carbocycles. The van der Waals surface area contributed by atoms with Crippen LogP contribution in [-0.4, -0.2) is 22.4 Å². The molecule has 0 aliphatic rings. The number of allylic oxidation sites excluding steroid dienone is 1. The topological polar surface area (TPSA) is 151 Å². The van der Waals surface area contributed by atoms with Gasteiger partial charge in [0.05, 0.1) is 5.56 Å². The van der Waals surface area contributed by atoms with Crippen molar-refractivity contribution < 1.29 is 13.2 Å². The lowest BCUT2D eigenvalue weighted by Crippen LogP contribution is -2.26. The van der Waals surface area contributed by atoms with Gasteiger partial charge in [0.25, 0.3) is 12.0 Å². The predicted molar refractivity (Wildman–Crippen MR) is 116 cm³/mol. The van der Waals surface area contributed by atoms with Gasteiger partial charge in [-0.3, -0.25) is 4.79 Å². The van der Waals surface area contributed by atoms with Gasteiger partial charge in [0.1, 0.15) is 11.5 Å². The van der Waals surface area contributed by atoms with E-state index in [1.807, 2.05) is 0 Å². The number of benzene rings is 1. The molecular formula is C20H28F3N7O. The van der Waals surface area contributed by atoms with Crippen molar-refractivity contribution >= 4 is 17.6 Å². The van der Waals surface area contributed by atoms with Gasteiger partial charge in [-0.1, -0.05) is 18.2 Å². The van der Waals surface area contributed by atoms with Crippen molar-refractivity contribution in [2.24, 2.45) is 24.2 Å². The molecule has 1 unspecified atom stereocenters. The molecule has 0 amide bonds. The number of hydrogen-bond acceptors (Lipinski definition) is 7. The van der Waals surface area contributed by atoms with Gasteiger partial charge in [0, 0.05) is 36.5 Å². The molecule has 1 atom stereocenters. The highest BCUT2D eigenvalue weighted by molar-refractivity contribution is 5.74. The molecule has 31 heavy (non-hydrogen) atoms. The molecule has 0 aliphatic heterocycles. The van der Waals surface area contributed by atoms with E-state index in [4.69, 9.17) is 22.9 Å². The Labute approximate surface area is 178 Å². The summed E-state index contributed by atoms with van der Waals surface area (Å²) in [5, 5.41) is 6.97. The van der Waals surface area contributed by atoms with Crippen molar-refractivity contribution in [1.29, 1.82) is 0 Å². The number of nitrogen functional groups attached to an aromatic ring is 1. The molecule has 0 saturated carbocycles. The maximum atomic E-state index is 14.3. The summed E-state index contributed by atoms with van der Waals surface area (Å²) in [5.41, 5.74) is 22.8. The molecule has 0 spiro atoms. The molecule has 0 radical (unpaired) electrons. The lowest BCUT2D eigenvalue weighted by molar-refractivity contribution is 0.146. The van der Waals surface area contributed by atoms with Crippen LogP contribution >= 0.6 is 0 Å². The van der Waals surface area contributed by atoms with Crippen LogP contribution in [0.4, 0.5) is 24.7 Å². The minimum atomic E-state index is -2.93. The summed E-state index contributed by atoms with van der Waals surface area (Å²) in [6.07, 6.45) is 0.258. The largest absolute Gasteiger partial charge is 0.402 e. The molecule has 0 bridgehead atoms. The Hall–Kier alpha value is -3.05. The fourth-order valence-corrected chi connectivity index (χ4v) is 2.99. The summed E-state index contributed by atoms with van der Waals surface area (Å²) in [5.74, 6) is -0.844. The molecule has 1 aromatic heterocycles. The maximum Gasteiger partial charge on any atom is 0.290 e. The van der Waals surface area contributed by atoms with E-state index in [-0.39, 0.29) is 35.2 Å². The van der Waals surface area contributed by atoms with E-state index in [1.165, 1.54) is 25.3 Å². The average Bonchev–Trinajstić information content (AvgIpc) is 2.72. The van der Waals surface area contributed by atoms with E-state index >= 15 is 0 Å². The van der Waals surface area contributed by atoms with E-state index in [2.05, 4.69) is 10.4 Å². The third-order valence-corrected chi connectivity index (χ3v) is 4.78. The molecule has 1 aromatic carbocycles. The van der Waals surface area contributed by atoms with Crippen LogP contribution in [0.15, 0.2) is 28.7 Å². The third kappa shape index (κ3) is 6.22. The molecule has 11 heteroatoms. The molecular weight excluding hydrogens is 411 g/mol. The lowest BCUT2D eigenvalue weighted by atomic mass is 10.1. The smallest absolute Gasteiger partial charge is 0.290 e. The first kappa shape index (κ1) is 24.2. The highest BCUT2D eigenvalue weighted by Crippen LogP contribution is 2.25. The lowest BCUT2D eigenvalue weighted by Gasteiger charge is -2.15. The van der Waals surface area contributed by atoms with Crippen LogP contribution in [0.1, 0.15) is 42.4 Å². The normalized spacial score (nSPS) is 12.9. The number of anilines is 2. The van der Waals surface area contributed by atoms with Crippen LogP contribution in [0.2, 0.25) is 0 Å². The number of rotatable bonds is 10. The van der Waals surface area contributed by atoms with Gasteiger partial charge in [0.2, 0.25) is 0 Å². The van der Waals surface area contributed by atoms with Gasteiger partial charge in [-0.25, -0.2) is 17.9 Å². The SMILES string of the molecule is Cn1nc(NCc2cccc(C(F)F)c2F)c(/C=C(\N)CCC(N)CCN)c(N)c1=O. The van der Waals surface area contributed by atoms with Crippen molar-refractivity contribution in [3.8, 4) is 0 Å². The number of nitrogens with zero attached hydrogens (tertiary/aromatic N) is 2. The quantitative estimate of drug-likeness (QED) is 0.379. The zero-order valence-electron chi connectivity index (χ0n) is 17.2. The van der Waals surface area contributed by atoms with Gasteiger partial charge in [-0.2, -0.15) is 5.10 Å². The summed E-state index contributed by atoms with van der Waals surface area (Å²) >= 11 is 0. The van der Waals surface area contributed by atoms with Gasteiger partial charge >= 0.3 is 0 Å².